The first-order valence-electron chi connectivity index (χ1n) is 5.88. The third kappa shape index (κ3) is 2.79. The van der Waals surface area contributed by atoms with Gasteiger partial charge in [-0.15, -0.1) is 11.6 Å². The van der Waals surface area contributed by atoms with E-state index in [1.165, 1.54) is 0 Å². The molecule has 0 fully saturated rings. The van der Waals surface area contributed by atoms with Crippen molar-refractivity contribution in [2.24, 2.45) is 0 Å². The minimum atomic E-state index is 0.337. The van der Waals surface area contributed by atoms with Crippen molar-refractivity contribution in [3.8, 4) is 11.6 Å². The first-order valence-corrected chi connectivity index (χ1v) is 6.42. The highest BCUT2D eigenvalue weighted by atomic mass is 35.5. The van der Waals surface area contributed by atoms with E-state index in [0.29, 0.717) is 17.6 Å². The van der Waals surface area contributed by atoms with Gasteiger partial charge in [0.05, 0.1) is 5.88 Å². The van der Waals surface area contributed by atoms with E-state index in [9.17, 15) is 0 Å². The van der Waals surface area contributed by atoms with Crippen LogP contribution in [-0.4, -0.2) is 9.97 Å². The fourth-order valence-electron chi connectivity index (χ4n) is 1.65. The van der Waals surface area contributed by atoms with Crippen LogP contribution in [0.1, 0.15) is 23.9 Å². The Hall–Kier alpha value is -1.61. The molecule has 0 amide bonds. The van der Waals surface area contributed by atoms with Gasteiger partial charge in [0, 0.05) is 11.8 Å². The van der Waals surface area contributed by atoms with Gasteiger partial charge in [-0.05, 0) is 25.0 Å². The van der Waals surface area contributed by atoms with Crippen molar-refractivity contribution in [1.82, 2.24) is 9.97 Å². The summed E-state index contributed by atoms with van der Waals surface area (Å²) in [7, 11) is 0. The molecule has 0 N–H and O–H groups in total. The first-order chi connectivity index (χ1) is 8.74. The highest BCUT2D eigenvalue weighted by Gasteiger charge is 2.09. The zero-order valence-electron chi connectivity index (χ0n) is 10.5. The number of halogens is 1. The molecule has 0 aliphatic rings. The number of nitrogens with zero attached hydrogens (tertiary/aromatic N) is 2. The molecule has 0 spiro atoms. The standard InChI is InChI=1S/C14H15ClN2O/c1-3-11-6-4-5-7-13(11)18-14-12(8-15)9-16-10(2)17-14/h4-7,9H,3,8H2,1-2H3. The molecule has 0 atom stereocenters. The first kappa shape index (κ1) is 12.8. The van der Waals surface area contributed by atoms with Gasteiger partial charge >= 0.3 is 0 Å². The Kier molecular flexibility index (Phi) is 4.15. The second-order valence-corrected chi connectivity index (χ2v) is 4.21. The van der Waals surface area contributed by atoms with Crippen LogP contribution in [0.15, 0.2) is 30.5 Å². The Morgan fingerprint density at radius 3 is 2.72 bits per heavy atom. The molecule has 4 heteroatoms. The van der Waals surface area contributed by atoms with Gasteiger partial charge in [0.2, 0.25) is 5.88 Å². The van der Waals surface area contributed by atoms with Crippen molar-refractivity contribution in [1.29, 1.82) is 0 Å². The summed E-state index contributed by atoms with van der Waals surface area (Å²) in [5.74, 6) is 2.37. The van der Waals surface area contributed by atoms with Crippen LogP contribution in [0.3, 0.4) is 0 Å². The Bertz CT molecular complexity index is 543. The zero-order chi connectivity index (χ0) is 13.0. The van der Waals surface area contributed by atoms with E-state index in [1.54, 1.807) is 6.20 Å². The number of hydrogen-bond acceptors (Lipinski definition) is 3. The van der Waals surface area contributed by atoms with Gasteiger partial charge in [-0.3, -0.25) is 0 Å². The molecular formula is C14H15ClN2O. The molecular weight excluding hydrogens is 248 g/mol. The third-order valence-corrected chi connectivity index (χ3v) is 2.94. The highest BCUT2D eigenvalue weighted by molar-refractivity contribution is 6.17. The summed E-state index contributed by atoms with van der Waals surface area (Å²) < 4.78 is 5.87. The van der Waals surface area contributed by atoms with Crippen LogP contribution in [0.25, 0.3) is 0 Å². The average Bonchev–Trinajstić information content (AvgIpc) is 2.40. The normalized spacial score (nSPS) is 10.4. The topological polar surface area (TPSA) is 35.0 Å². The predicted molar refractivity (Wildman–Crippen MR) is 72.2 cm³/mol. The number of alkyl halides is 1. The monoisotopic (exact) mass is 262 g/mol. The third-order valence-electron chi connectivity index (χ3n) is 2.65. The molecule has 1 aromatic carbocycles. The Balaban J connectivity index is 2.36. The summed E-state index contributed by atoms with van der Waals surface area (Å²) in [5, 5.41) is 0. The largest absolute Gasteiger partial charge is 0.438 e. The average molecular weight is 263 g/mol. The maximum absolute atomic E-state index is 5.87. The van der Waals surface area contributed by atoms with Crippen molar-refractivity contribution in [3.05, 3.63) is 47.4 Å². The molecule has 2 rings (SSSR count). The number of para-hydroxylation sites is 1. The summed E-state index contributed by atoms with van der Waals surface area (Å²) in [6.07, 6.45) is 2.62. The van der Waals surface area contributed by atoms with Crippen molar-refractivity contribution in [2.45, 2.75) is 26.1 Å². The summed E-state index contributed by atoms with van der Waals surface area (Å²) in [4.78, 5) is 8.42. The van der Waals surface area contributed by atoms with E-state index >= 15 is 0 Å². The molecule has 0 saturated heterocycles. The van der Waals surface area contributed by atoms with E-state index in [0.717, 1.165) is 23.3 Å². The number of hydrogen-bond donors (Lipinski definition) is 0. The maximum atomic E-state index is 5.87. The smallest absolute Gasteiger partial charge is 0.226 e. The van der Waals surface area contributed by atoms with Gasteiger partial charge < -0.3 is 4.74 Å². The van der Waals surface area contributed by atoms with E-state index in [2.05, 4.69) is 16.9 Å². The molecule has 0 bridgehead atoms. The predicted octanol–water partition coefficient (Wildman–Crippen LogP) is 3.88. The summed E-state index contributed by atoms with van der Waals surface area (Å²) in [5.41, 5.74) is 1.95. The number of aryl methyl sites for hydroxylation is 2. The lowest BCUT2D eigenvalue weighted by Gasteiger charge is -2.11. The molecule has 0 saturated carbocycles. The summed E-state index contributed by atoms with van der Waals surface area (Å²) in [6.45, 7) is 3.92. The fraction of sp³-hybridized carbons (Fsp3) is 0.286. The van der Waals surface area contributed by atoms with Crippen LogP contribution in [0.4, 0.5) is 0 Å². The molecule has 94 valence electrons. The van der Waals surface area contributed by atoms with Crippen LogP contribution in [0.2, 0.25) is 0 Å². The summed E-state index contributed by atoms with van der Waals surface area (Å²) >= 11 is 5.86. The fourth-order valence-corrected chi connectivity index (χ4v) is 1.84. The van der Waals surface area contributed by atoms with Gasteiger partial charge in [-0.25, -0.2) is 4.98 Å². The van der Waals surface area contributed by atoms with Crippen LogP contribution in [0, 0.1) is 6.92 Å². The second-order valence-electron chi connectivity index (χ2n) is 3.94. The maximum Gasteiger partial charge on any atom is 0.226 e. The van der Waals surface area contributed by atoms with E-state index < -0.39 is 0 Å². The molecule has 1 heterocycles. The minimum Gasteiger partial charge on any atom is -0.438 e. The van der Waals surface area contributed by atoms with Crippen LogP contribution >= 0.6 is 11.6 Å². The Morgan fingerprint density at radius 1 is 1.22 bits per heavy atom. The molecule has 0 radical (unpaired) electrons. The molecule has 18 heavy (non-hydrogen) atoms. The lowest BCUT2D eigenvalue weighted by molar-refractivity contribution is 0.450. The minimum absolute atomic E-state index is 0.337. The van der Waals surface area contributed by atoms with Gasteiger partial charge in [0.1, 0.15) is 11.6 Å². The number of aromatic nitrogens is 2. The van der Waals surface area contributed by atoms with Crippen LogP contribution < -0.4 is 4.74 Å². The molecule has 1 aromatic heterocycles. The van der Waals surface area contributed by atoms with Gasteiger partial charge in [0.25, 0.3) is 0 Å². The molecule has 0 aliphatic carbocycles. The van der Waals surface area contributed by atoms with Crippen molar-refractivity contribution >= 4 is 11.6 Å². The van der Waals surface area contributed by atoms with Gasteiger partial charge in [-0.2, -0.15) is 4.98 Å². The lowest BCUT2D eigenvalue weighted by atomic mass is 10.1. The number of ether oxygens (including phenoxy) is 1. The number of rotatable bonds is 4. The lowest BCUT2D eigenvalue weighted by Crippen LogP contribution is -1.99. The van der Waals surface area contributed by atoms with E-state index in [-0.39, 0.29) is 0 Å². The zero-order valence-corrected chi connectivity index (χ0v) is 11.2. The molecule has 0 unspecified atom stereocenters. The molecule has 2 aromatic rings. The van der Waals surface area contributed by atoms with E-state index in [1.807, 2.05) is 31.2 Å². The summed E-state index contributed by atoms with van der Waals surface area (Å²) in [6, 6.07) is 7.93. The SMILES string of the molecule is CCc1ccccc1Oc1nc(C)ncc1CCl. The van der Waals surface area contributed by atoms with Crippen molar-refractivity contribution in [3.63, 3.8) is 0 Å². The van der Waals surface area contributed by atoms with Crippen LogP contribution in [0.5, 0.6) is 11.6 Å². The highest BCUT2D eigenvalue weighted by Crippen LogP contribution is 2.27. The Labute approximate surface area is 112 Å². The molecule has 0 aliphatic heterocycles. The van der Waals surface area contributed by atoms with Crippen molar-refractivity contribution in [2.75, 3.05) is 0 Å². The van der Waals surface area contributed by atoms with Gasteiger partial charge in [0.15, 0.2) is 0 Å². The Morgan fingerprint density at radius 2 is 2.00 bits per heavy atom. The number of benzene rings is 1. The quantitative estimate of drug-likeness (QED) is 0.785. The second kappa shape index (κ2) is 5.83. The van der Waals surface area contributed by atoms with E-state index in [4.69, 9.17) is 16.3 Å². The van der Waals surface area contributed by atoms with Crippen molar-refractivity contribution < 1.29 is 4.74 Å². The van der Waals surface area contributed by atoms with Crippen LogP contribution in [-0.2, 0) is 12.3 Å². The molecule has 3 nitrogen and oxygen atoms in total. The van der Waals surface area contributed by atoms with Gasteiger partial charge in [-0.1, -0.05) is 25.1 Å².